The third-order valence-electron chi connectivity index (χ3n) is 3.50. The van der Waals surface area contributed by atoms with E-state index in [-0.39, 0.29) is 12.5 Å². The zero-order valence-corrected chi connectivity index (χ0v) is 15.1. The molecule has 1 atom stereocenters. The fourth-order valence-corrected chi connectivity index (χ4v) is 2.26. The lowest BCUT2D eigenvalue weighted by molar-refractivity contribution is -0.161. The van der Waals surface area contributed by atoms with Crippen LogP contribution in [0.4, 0.5) is 0 Å². The average Bonchev–Trinajstić information content (AvgIpc) is 2.60. The summed E-state index contributed by atoms with van der Waals surface area (Å²) in [6.45, 7) is 1.54. The molecule has 2 aromatic rings. The summed E-state index contributed by atoms with van der Waals surface area (Å²) in [6.07, 6.45) is -1.00. The lowest BCUT2D eigenvalue weighted by atomic mass is 10.1. The van der Waals surface area contributed by atoms with Crippen LogP contribution < -0.4 is 4.74 Å². The van der Waals surface area contributed by atoms with Crippen LogP contribution in [-0.2, 0) is 14.3 Å². The molecule has 0 spiro atoms. The number of esters is 1. The quantitative estimate of drug-likeness (QED) is 0.740. The molecule has 0 heterocycles. The lowest BCUT2D eigenvalue weighted by Gasteiger charge is -2.21. The molecule has 0 aliphatic carbocycles. The number of nitrogens with zero attached hydrogens (tertiary/aromatic N) is 1. The number of carbonyl (C=O) groups excluding carboxylic acids is 2. The Morgan fingerprint density at radius 2 is 1.80 bits per heavy atom. The largest absolute Gasteiger partial charge is 0.482 e. The predicted octanol–water partition coefficient (Wildman–Crippen LogP) is 3.40. The molecule has 0 radical (unpaired) electrons. The van der Waals surface area contributed by atoms with Gasteiger partial charge in [-0.05, 0) is 30.7 Å². The van der Waals surface area contributed by atoms with Gasteiger partial charge in [-0.3, -0.25) is 4.79 Å². The predicted molar refractivity (Wildman–Crippen MR) is 95.7 cm³/mol. The molecule has 0 N–H and O–H groups in total. The molecule has 0 aliphatic heterocycles. The van der Waals surface area contributed by atoms with Gasteiger partial charge in [-0.1, -0.05) is 41.9 Å². The minimum absolute atomic E-state index is 0.300. The maximum atomic E-state index is 12.3. The van der Waals surface area contributed by atoms with Crippen molar-refractivity contribution in [1.29, 1.82) is 0 Å². The first-order valence-electron chi connectivity index (χ1n) is 7.73. The van der Waals surface area contributed by atoms with Gasteiger partial charge in [0.1, 0.15) is 5.75 Å². The summed E-state index contributed by atoms with van der Waals surface area (Å²) in [4.78, 5) is 25.8. The van der Waals surface area contributed by atoms with Crippen molar-refractivity contribution in [3.63, 3.8) is 0 Å². The van der Waals surface area contributed by atoms with E-state index in [9.17, 15) is 9.59 Å². The van der Waals surface area contributed by atoms with Crippen molar-refractivity contribution in [2.45, 2.75) is 13.0 Å². The SMILES string of the molecule is Cc1cc(OCC(=O)O[C@H](C(=O)N(C)C)c2ccccc2)ccc1Cl. The molecule has 0 aliphatic rings. The van der Waals surface area contributed by atoms with Crippen LogP contribution in [0.5, 0.6) is 5.75 Å². The number of likely N-dealkylation sites (N-methyl/N-ethyl adjacent to an activating group) is 1. The fraction of sp³-hybridized carbons (Fsp3) is 0.263. The first-order valence-corrected chi connectivity index (χ1v) is 8.11. The number of hydrogen-bond donors (Lipinski definition) is 0. The zero-order chi connectivity index (χ0) is 18.4. The van der Waals surface area contributed by atoms with E-state index in [4.69, 9.17) is 21.1 Å². The van der Waals surface area contributed by atoms with Crippen LogP contribution >= 0.6 is 11.6 Å². The summed E-state index contributed by atoms with van der Waals surface area (Å²) in [5, 5.41) is 0.621. The van der Waals surface area contributed by atoms with Crippen LogP contribution in [0.1, 0.15) is 17.2 Å². The normalized spacial score (nSPS) is 11.5. The van der Waals surface area contributed by atoms with Crippen LogP contribution in [0, 0.1) is 6.92 Å². The van der Waals surface area contributed by atoms with Gasteiger partial charge in [0.05, 0.1) is 0 Å². The Bertz CT molecular complexity index is 746. The third-order valence-corrected chi connectivity index (χ3v) is 3.93. The van der Waals surface area contributed by atoms with Gasteiger partial charge in [0, 0.05) is 24.7 Å². The van der Waals surface area contributed by atoms with E-state index in [0.717, 1.165) is 5.56 Å². The van der Waals surface area contributed by atoms with E-state index in [1.165, 1.54) is 4.90 Å². The molecule has 0 saturated carbocycles. The van der Waals surface area contributed by atoms with Gasteiger partial charge in [0.15, 0.2) is 6.61 Å². The van der Waals surface area contributed by atoms with Crippen LogP contribution in [0.15, 0.2) is 48.5 Å². The Balaban J connectivity index is 2.04. The molecule has 0 saturated heterocycles. The molecule has 0 aromatic heterocycles. The highest BCUT2D eigenvalue weighted by atomic mass is 35.5. The number of benzene rings is 2. The van der Waals surface area contributed by atoms with E-state index in [2.05, 4.69) is 0 Å². The molecule has 25 heavy (non-hydrogen) atoms. The Morgan fingerprint density at radius 1 is 1.12 bits per heavy atom. The molecule has 0 bridgehead atoms. The Kier molecular flexibility index (Phi) is 6.42. The van der Waals surface area contributed by atoms with Crippen LogP contribution in [0.3, 0.4) is 0 Å². The van der Waals surface area contributed by atoms with E-state index in [0.29, 0.717) is 16.3 Å². The maximum Gasteiger partial charge on any atom is 0.345 e. The molecule has 0 unspecified atom stereocenters. The van der Waals surface area contributed by atoms with Crippen molar-refractivity contribution in [1.82, 2.24) is 4.90 Å². The summed E-state index contributed by atoms with van der Waals surface area (Å²) in [5.41, 5.74) is 1.45. The van der Waals surface area contributed by atoms with Crippen molar-refractivity contribution in [2.75, 3.05) is 20.7 Å². The Hall–Kier alpha value is -2.53. The van der Waals surface area contributed by atoms with E-state index < -0.39 is 12.1 Å². The average molecular weight is 362 g/mol. The van der Waals surface area contributed by atoms with Crippen molar-refractivity contribution in [3.8, 4) is 5.75 Å². The molecule has 1 amide bonds. The second-order valence-electron chi connectivity index (χ2n) is 5.71. The smallest absolute Gasteiger partial charge is 0.345 e. The number of carbonyl (C=O) groups is 2. The number of rotatable bonds is 6. The van der Waals surface area contributed by atoms with E-state index >= 15 is 0 Å². The third kappa shape index (κ3) is 5.22. The number of hydrogen-bond acceptors (Lipinski definition) is 4. The first kappa shape index (κ1) is 18.8. The molecule has 5 nitrogen and oxygen atoms in total. The number of halogens is 1. The fourth-order valence-electron chi connectivity index (χ4n) is 2.14. The van der Waals surface area contributed by atoms with Crippen molar-refractivity contribution < 1.29 is 19.1 Å². The minimum Gasteiger partial charge on any atom is -0.482 e. The number of aryl methyl sites for hydroxylation is 1. The highest BCUT2D eigenvalue weighted by molar-refractivity contribution is 6.31. The van der Waals surface area contributed by atoms with Gasteiger partial charge in [-0.2, -0.15) is 0 Å². The highest BCUT2D eigenvalue weighted by Crippen LogP contribution is 2.22. The standard InChI is InChI=1S/C19H20ClNO4/c1-13-11-15(9-10-16(13)20)24-12-17(22)25-18(19(23)21(2)3)14-7-5-4-6-8-14/h4-11,18H,12H2,1-3H3/t18-/m0/s1. The van der Waals surface area contributed by atoms with Gasteiger partial charge in [0.25, 0.3) is 5.91 Å². The van der Waals surface area contributed by atoms with Crippen molar-refractivity contribution in [3.05, 3.63) is 64.7 Å². The summed E-state index contributed by atoms with van der Waals surface area (Å²) in [5.74, 6) is -0.437. The second-order valence-corrected chi connectivity index (χ2v) is 6.12. The Morgan fingerprint density at radius 3 is 2.40 bits per heavy atom. The highest BCUT2D eigenvalue weighted by Gasteiger charge is 2.26. The van der Waals surface area contributed by atoms with Crippen molar-refractivity contribution in [2.24, 2.45) is 0 Å². The van der Waals surface area contributed by atoms with Gasteiger partial charge in [-0.25, -0.2) is 4.79 Å². The lowest BCUT2D eigenvalue weighted by Crippen LogP contribution is -2.32. The first-order chi connectivity index (χ1) is 11.9. The van der Waals surface area contributed by atoms with Crippen LogP contribution in [0.25, 0.3) is 0 Å². The van der Waals surface area contributed by atoms with Gasteiger partial charge >= 0.3 is 5.97 Å². The second kappa shape index (κ2) is 8.53. The monoisotopic (exact) mass is 361 g/mol. The van der Waals surface area contributed by atoms with Crippen molar-refractivity contribution >= 4 is 23.5 Å². The van der Waals surface area contributed by atoms with Crippen LogP contribution in [-0.4, -0.2) is 37.5 Å². The zero-order valence-electron chi connectivity index (χ0n) is 14.4. The van der Waals surface area contributed by atoms with Crippen LogP contribution in [0.2, 0.25) is 5.02 Å². The summed E-state index contributed by atoms with van der Waals surface area (Å²) >= 11 is 5.96. The molecule has 6 heteroatoms. The molecule has 2 aromatic carbocycles. The number of amides is 1. The van der Waals surface area contributed by atoms with Gasteiger partial charge < -0.3 is 14.4 Å². The van der Waals surface area contributed by atoms with Gasteiger partial charge in [0.2, 0.25) is 6.10 Å². The summed E-state index contributed by atoms with van der Waals surface area (Å²) < 4.78 is 10.8. The molecular weight excluding hydrogens is 342 g/mol. The van der Waals surface area contributed by atoms with Gasteiger partial charge in [-0.15, -0.1) is 0 Å². The topological polar surface area (TPSA) is 55.8 Å². The molecular formula is C19H20ClNO4. The Labute approximate surface area is 152 Å². The summed E-state index contributed by atoms with van der Waals surface area (Å²) in [7, 11) is 3.22. The van der Waals surface area contributed by atoms with E-state index in [1.807, 2.05) is 13.0 Å². The molecule has 132 valence electrons. The minimum atomic E-state index is -1.00. The molecule has 2 rings (SSSR count). The number of ether oxygens (including phenoxy) is 2. The summed E-state index contributed by atoms with van der Waals surface area (Å²) in [6, 6.07) is 14.0. The van der Waals surface area contributed by atoms with E-state index in [1.54, 1.807) is 56.6 Å². The molecule has 0 fully saturated rings. The maximum absolute atomic E-state index is 12.3.